The molecule has 3 aromatic rings. The van der Waals surface area contributed by atoms with Crippen molar-refractivity contribution in [1.82, 2.24) is 9.97 Å². The molecule has 0 amide bonds. The fraction of sp³-hybridized carbons (Fsp3) is 0. The molecule has 2 nitrogen and oxygen atoms in total. The van der Waals surface area contributed by atoms with Crippen molar-refractivity contribution < 1.29 is 0 Å². The average Bonchev–Trinajstić information content (AvgIpc) is 2.82. The van der Waals surface area contributed by atoms with Crippen LogP contribution in [0.15, 0.2) is 55.7 Å². The van der Waals surface area contributed by atoms with E-state index in [2.05, 4.69) is 29.2 Å². The van der Waals surface area contributed by atoms with E-state index in [0.717, 1.165) is 26.9 Å². The first-order chi connectivity index (χ1) is 9.70. The molecule has 0 aliphatic carbocycles. The summed E-state index contributed by atoms with van der Waals surface area (Å²) in [5, 5.41) is 1.34. The highest BCUT2D eigenvalue weighted by Gasteiger charge is 2.13. The van der Waals surface area contributed by atoms with E-state index in [-0.39, 0.29) is 5.28 Å². The minimum Gasteiger partial charge on any atom is -0.216 e. The molecule has 2 heterocycles. The highest BCUT2D eigenvalue weighted by Crippen LogP contribution is 2.36. The second-order valence-electron chi connectivity index (χ2n) is 4.24. The van der Waals surface area contributed by atoms with Gasteiger partial charge in [0.25, 0.3) is 0 Å². The Kier molecular flexibility index (Phi) is 3.38. The summed E-state index contributed by atoms with van der Waals surface area (Å²) in [6.45, 7) is 7.70. The molecular formula is C16H11ClN2S. The van der Waals surface area contributed by atoms with Gasteiger partial charge in [0, 0.05) is 10.1 Å². The molecule has 0 bridgehead atoms. The molecule has 0 unspecified atom stereocenters. The molecule has 3 rings (SSSR count). The third-order valence-electron chi connectivity index (χ3n) is 2.93. The van der Waals surface area contributed by atoms with Gasteiger partial charge in [-0.2, -0.15) is 0 Å². The average molecular weight is 299 g/mol. The van der Waals surface area contributed by atoms with E-state index < -0.39 is 0 Å². The number of rotatable bonds is 3. The third kappa shape index (κ3) is 2.15. The van der Waals surface area contributed by atoms with Crippen molar-refractivity contribution in [2.24, 2.45) is 0 Å². The number of fused-ring (bicyclic) bond motifs is 3. The van der Waals surface area contributed by atoms with E-state index in [9.17, 15) is 0 Å². The number of hydrogen-bond acceptors (Lipinski definition) is 3. The van der Waals surface area contributed by atoms with Crippen molar-refractivity contribution in [3.8, 4) is 0 Å². The molecule has 2 aromatic heterocycles. The predicted molar refractivity (Wildman–Crippen MR) is 88.3 cm³/mol. The highest BCUT2D eigenvalue weighted by molar-refractivity contribution is 7.26. The van der Waals surface area contributed by atoms with Crippen LogP contribution in [0.4, 0.5) is 0 Å². The van der Waals surface area contributed by atoms with Gasteiger partial charge < -0.3 is 0 Å². The monoisotopic (exact) mass is 298 g/mol. The summed E-state index contributed by atoms with van der Waals surface area (Å²) in [6.07, 6.45) is 5.41. The lowest BCUT2D eigenvalue weighted by atomic mass is 10.1. The first kappa shape index (κ1) is 13.0. The summed E-state index contributed by atoms with van der Waals surface area (Å²) in [4.78, 5) is 8.70. The summed E-state index contributed by atoms with van der Waals surface area (Å²) < 4.78 is 2.18. The first-order valence-electron chi connectivity index (χ1n) is 6.04. The molecule has 0 fully saturated rings. The molecule has 1 aromatic carbocycles. The lowest BCUT2D eigenvalue weighted by molar-refractivity contribution is 1.21. The van der Waals surface area contributed by atoms with Gasteiger partial charge in [0.15, 0.2) is 0 Å². The summed E-state index contributed by atoms with van der Waals surface area (Å²) in [6, 6.07) is 8.13. The Labute approximate surface area is 125 Å². The van der Waals surface area contributed by atoms with E-state index in [1.807, 2.05) is 30.4 Å². The first-order valence-corrected chi connectivity index (χ1v) is 7.23. The number of allylic oxidation sites excluding steroid dienone is 4. The van der Waals surface area contributed by atoms with Crippen molar-refractivity contribution in [3.63, 3.8) is 0 Å². The van der Waals surface area contributed by atoms with Gasteiger partial charge in [0.1, 0.15) is 0 Å². The summed E-state index contributed by atoms with van der Waals surface area (Å²) in [5.74, 6) is 0. The standard InChI is InChI=1S/C16H11ClN2S/c1-3-4-7-10(2)13-15-14(19-16(17)18-13)11-8-5-6-9-12(11)20-15/h3-9H,1-2H2/b7-4-. The van der Waals surface area contributed by atoms with Crippen molar-refractivity contribution in [2.45, 2.75) is 0 Å². The number of hydrogen-bond donors (Lipinski definition) is 0. The van der Waals surface area contributed by atoms with Gasteiger partial charge in [0.2, 0.25) is 5.28 Å². The summed E-state index contributed by atoms with van der Waals surface area (Å²) in [5.41, 5.74) is 2.46. The molecule has 0 aliphatic heterocycles. The number of benzene rings is 1. The molecule has 98 valence electrons. The Balaban J connectivity index is 2.34. The summed E-state index contributed by atoms with van der Waals surface area (Å²) >= 11 is 7.71. The van der Waals surface area contributed by atoms with Crippen LogP contribution in [0.3, 0.4) is 0 Å². The van der Waals surface area contributed by atoms with Gasteiger partial charge in [-0.25, -0.2) is 9.97 Å². The topological polar surface area (TPSA) is 25.8 Å². The normalized spacial score (nSPS) is 11.4. The van der Waals surface area contributed by atoms with Crippen LogP contribution in [0.2, 0.25) is 5.28 Å². The molecular weight excluding hydrogens is 288 g/mol. The molecule has 0 radical (unpaired) electrons. The van der Waals surface area contributed by atoms with Crippen molar-refractivity contribution >= 4 is 48.8 Å². The van der Waals surface area contributed by atoms with E-state index in [1.165, 1.54) is 4.70 Å². The number of halogens is 1. The van der Waals surface area contributed by atoms with Crippen LogP contribution in [-0.4, -0.2) is 9.97 Å². The second-order valence-corrected chi connectivity index (χ2v) is 5.63. The van der Waals surface area contributed by atoms with Crippen LogP contribution < -0.4 is 0 Å². The quantitative estimate of drug-likeness (QED) is 0.487. The van der Waals surface area contributed by atoms with Crippen molar-refractivity contribution in [3.05, 3.63) is 66.6 Å². The maximum absolute atomic E-state index is 6.06. The lowest BCUT2D eigenvalue weighted by Gasteiger charge is -2.02. The zero-order valence-corrected chi connectivity index (χ0v) is 12.2. The zero-order valence-electron chi connectivity index (χ0n) is 10.6. The largest absolute Gasteiger partial charge is 0.223 e. The Hall–Kier alpha value is -1.97. The fourth-order valence-corrected chi connectivity index (χ4v) is 3.38. The molecule has 0 atom stereocenters. The van der Waals surface area contributed by atoms with E-state index in [4.69, 9.17) is 11.6 Å². The lowest BCUT2D eigenvalue weighted by Crippen LogP contribution is -1.90. The Morgan fingerprint density at radius 3 is 2.85 bits per heavy atom. The number of aromatic nitrogens is 2. The maximum Gasteiger partial charge on any atom is 0.223 e. The third-order valence-corrected chi connectivity index (χ3v) is 4.27. The van der Waals surface area contributed by atoms with Gasteiger partial charge in [0.05, 0.1) is 15.9 Å². The molecule has 20 heavy (non-hydrogen) atoms. The van der Waals surface area contributed by atoms with Crippen LogP contribution in [0.5, 0.6) is 0 Å². The van der Waals surface area contributed by atoms with Gasteiger partial charge in [-0.15, -0.1) is 11.3 Å². The predicted octanol–water partition coefficient (Wildman–Crippen LogP) is 5.25. The van der Waals surface area contributed by atoms with Gasteiger partial charge in [-0.1, -0.05) is 49.6 Å². The maximum atomic E-state index is 6.06. The second kappa shape index (κ2) is 5.19. The van der Waals surface area contributed by atoms with Gasteiger partial charge in [-0.05, 0) is 23.2 Å². The molecule has 0 aliphatic rings. The summed E-state index contributed by atoms with van der Waals surface area (Å²) in [7, 11) is 0. The van der Waals surface area contributed by atoms with Crippen molar-refractivity contribution in [2.75, 3.05) is 0 Å². The van der Waals surface area contributed by atoms with Crippen LogP contribution in [0, 0.1) is 0 Å². The molecule has 0 N–H and O–H groups in total. The van der Waals surface area contributed by atoms with E-state index >= 15 is 0 Å². The molecule has 0 spiro atoms. The minimum absolute atomic E-state index is 0.240. The minimum atomic E-state index is 0.240. The Morgan fingerprint density at radius 2 is 2.05 bits per heavy atom. The smallest absolute Gasteiger partial charge is 0.216 e. The SMILES string of the molecule is C=C/C=C\C(=C)c1nc(Cl)nc2c1sc1ccccc12. The van der Waals surface area contributed by atoms with Crippen LogP contribution in [-0.2, 0) is 0 Å². The van der Waals surface area contributed by atoms with E-state index in [0.29, 0.717) is 0 Å². The Morgan fingerprint density at radius 1 is 1.25 bits per heavy atom. The Bertz CT molecular complexity index is 861. The van der Waals surface area contributed by atoms with Crippen LogP contribution in [0.25, 0.3) is 25.9 Å². The van der Waals surface area contributed by atoms with Crippen molar-refractivity contribution in [1.29, 1.82) is 0 Å². The fourth-order valence-electron chi connectivity index (χ4n) is 2.04. The molecule has 4 heteroatoms. The van der Waals surface area contributed by atoms with E-state index in [1.54, 1.807) is 17.4 Å². The number of nitrogens with zero attached hydrogens (tertiary/aromatic N) is 2. The zero-order chi connectivity index (χ0) is 14.1. The van der Waals surface area contributed by atoms with Crippen LogP contribution in [0.1, 0.15) is 5.69 Å². The van der Waals surface area contributed by atoms with Gasteiger partial charge in [-0.3, -0.25) is 0 Å². The molecule has 0 saturated carbocycles. The highest BCUT2D eigenvalue weighted by atomic mass is 35.5. The van der Waals surface area contributed by atoms with Gasteiger partial charge >= 0.3 is 0 Å². The van der Waals surface area contributed by atoms with Crippen LogP contribution >= 0.6 is 22.9 Å². The number of thiophene rings is 1. The molecule has 0 saturated heterocycles.